The Morgan fingerprint density at radius 3 is 2.18 bits per heavy atom. The fourth-order valence-corrected chi connectivity index (χ4v) is 0.958. The lowest BCUT2D eigenvalue weighted by Crippen LogP contribution is -2.21. The van der Waals surface area contributed by atoms with Crippen molar-refractivity contribution in [2.24, 2.45) is 5.92 Å². The topological polar surface area (TPSA) is 66.4 Å². The number of carbonyl (C=O) groups excluding carboxylic acids is 2. The van der Waals surface area contributed by atoms with Crippen LogP contribution in [-0.4, -0.2) is 18.5 Å². The SMILES string of the molecule is CC(=O)OCCC(C)C.CCCCCC(=O)[O-]. The summed E-state index contributed by atoms with van der Waals surface area (Å²) in [4.78, 5) is 20.0. The van der Waals surface area contributed by atoms with Crippen LogP contribution >= 0.6 is 0 Å². The van der Waals surface area contributed by atoms with Gasteiger partial charge in [-0.05, 0) is 25.2 Å². The number of hydrogen-bond donors (Lipinski definition) is 0. The number of carboxylic acids is 1. The highest BCUT2D eigenvalue weighted by molar-refractivity contribution is 5.65. The average molecular weight is 245 g/mol. The van der Waals surface area contributed by atoms with Crippen molar-refractivity contribution in [2.45, 2.75) is 59.8 Å². The van der Waals surface area contributed by atoms with Gasteiger partial charge in [0.2, 0.25) is 0 Å². The van der Waals surface area contributed by atoms with Crippen LogP contribution in [0.25, 0.3) is 0 Å². The fraction of sp³-hybridized carbons (Fsp3) is 0.846. The molecular weight excluding hydrogens is 220 g/mol. The van der Waals surface area contributed by atoms with Crippen LogP contribution in [0.5, 0.6) is 0 Å². The van der Waals surface area contributed by atoms with Crippen LogP contribution in [0.3, 0.4) is 0 Å². The maximum absolute atomic E-state index is 10.2. The van der Waals surface area contributed by atoms with Gasteiger partial charge in [-0.2, -0.15) is 0 Å². The largest absolute Gasteiger partial charge is 0.550 e. The van der Waals surface area contributed by atoms with Gasteiger partial charge in [-0.15, -0.1) is 0 Å². The molecule has 4 nitrogen and oxygen atoms in total. The number of hydrogen-bond acceptors (Lipinski definition) is 4. The molecule has 0 aromatic heterocycles. The second-order valence-corrected chi connectivity index (χ2v) is 4.35. The van der Waals surface area contributed by atoms with Crippen molar-refractivity contribution in [3.05, 3.63) is 0 Å². The quantitative estimate of drug-likeness (QED) is 0.507. The van der Waals surface area contributed by atoms with Crippen molar-refractivity contribution in [3.63, 3.8) is 0 Å². The van der Waals surface area contributed by atoms with Crippen molar-refractivity contribution < 1.29 is 19.4 Å². The van der Waals surface area contributed by atoms with E-state index >= 15 is 0 Å². The first-order chi connectivity index (χ1) is 7.90. The molecule has 0 spiro atoms. The van der Waals surface area contributed by atoms with Gasteiger partial charge in [-0.25, -0.2) is 0 Å². The lowest BCUT2D eigenvalue weighted by Gasteiger charge is -2.02. The number of carboxylic acid groups (broad SMARTS) is 1. The van der Waals surface area contributed by atoms with E-state index in [4.69, 9.17) is 4.74 Å². The lowest BCUT2D eigenvalue weighted by atomic mass is 10.1. The van der Waals surface area contributed by atoms with E-state index in [1.165, 1.54) is 6.92 Å². The molecule has 0 aliphatic heterocycles. The second-order valence-electron chi connectivity index (χ2n) is 4.35. The standard InChI is InChI=1S/C7H14O2.C6H12O2/c1-6(2)4-5-9-7(3)8;1-2-3-4-5-6(7)8/h6H,4-5H2,1-3H3;2-5H2,1H3,(H,7,8)/p-1. The summed E-state index contributed by atoms with van der Waals surface area (Å²) >= 11 is 0. The van der Waals surface area contributed by atoms with E-state index in [0.29, 0.717) is 12.5 Å². The molecule has 0 fully saturated rings. The van der Waals surface area contributed by atoms with E-state index in [1.807, 2.05) is 6.92 Å². The van der Waals surface area contributed by atoms with E-state index in [2.05, 4.69) is 13.8 Å². The van der Waals surface area contributed by atoms with Gasteiger partial charge in [-0.3, -0.25) is 4.79 Å². The molecule has 4 heteroatoms. The minimum atomic E-state index is -0.932. The third kappa shape index (κ3) is 25.3. The Balaban J connectivity index is 0. The molecule has 0 bridgehead atoms. The van der Waals surface area contributed by atoms with Gasteiger partial charge in [0, 0.05) is 12.9 Å². The van der Waals surface area contributed by atoms with Crippen molar-refractivity contribution in [1.29, 1.82) is 0 Å². The van der Waals surface area contributed by atoms with E-state index in [0.717, 1.165) is 25.7 Å². The normalized spacial score (nSPS) is 9.47. The highest BCUT2D eigenvalue weighted by Crippen LogP contribution is 1.98. The molecule has 0 unspecified atom stereocenters. The number of aliphatic carboxylic acids is 1. The van der Waals surface area contributed by atoms with Gasteiger partial charge in [-0.1, -0.05) is 33.6 Å². The molecule has 0 aromatic carbocycles. The van der Waals surface area contributed by atoms with Crippen LogP contribution in [0.2, 0.25) is 0 Å². The number of unbranched alkanes of at least 4 members (excludes halogenated alkanes) is 2. The van der Waals surface area contributed by atoms with E-state index in [9.17, 15) is 14.7 Å². The Bertz CT molecular complexity index is 200. The second kappa shape index (κ2) is 13.0. The molecule has 102 valence electrons. The molecule has 0 saturated carbocycles. The zero-order valence-corrected chi connectivity index (χ0v) is 11.5. The molecule has 0 aliphatic rings. The van der Waals surface area contributed by atoms with Gasteiger partial charge < -0.3 is 14.6 Å². The smallest absolute Gasteiger partial charge is 0.302 e. The lowest BCUT2D eigenvalue weighted by molar-refractivity contribution is -0.305. The zero-order chi connectivity index (χ0) is 13.7. The van der Waals surface area contributed by atoms with Crippen LogP contribution in [-0.2, 0) is 14.3 Å². The molecule has 0 saturated heterocycles. The summed E-state index contributed by atoms with van der Waals surface area (Å²) in [6.07, 6.45) is 3.99. The van der Waals surface area contributed by atoms with Crippen LogP contribution < -0.4 is 5.11 Å². The number of carbonyl (C=O) groups is 2. The molecule has 0 rings (SSSR count). The minimum absolute atomic E-state index is 0.185. The molecule has 17 heavy (non-hydrogen) atoms. The summed E-state index contributed by atoms with van der Waals surface area (Å²) in [6.45, 7) is 8.23. The van der Waals surface area contributed by atoms with Gasteiger partial charge >= 0.3 is 5.97 Å². The summed E-state index contributed by atoms with van der Waals surface area (Å²) < 4.78 is 4.71. The Morgan fingerprint density at radius 1 is 1.24 bits per heavy atom. The molecule has 0 N–H and O–H groups in total. The third-order valence-electron chi connectivity index (χ3n) is 1.98. The highest BCUT2D eigenvalue weighted by atomic mass is 16.5. The van der Waals surface area contributed by atoms with E-state index in [1.54, 1.807) is 0 Å². The summed E-state index contributed by atoms with van der Waals surface area (Å²) in [6, 6.07) is 0. The maximum atomic E-state index is 10.2. The average Bonchev–Trinajstić information content (AvgIpc) is 2.17. The first-order valence-electron chi connectivity index (χ1n) is 6.23. The van der Waals surface area contributed by atoms with Crippen molar-refractivity contribution in [3.8, 4) is 0 Å². The molecular formula is C13H25O4-. The highest BCUT2D eigenvalue weighted by Gasteiger charge is 1.94. The Labute approximate surface area is 104 Å². The Kier molecular flexibility index (Phi) is 14.0. The van der Waals surface area contributed by atoms with Crippen LogP contribution in [0, 0.1) is 5.92 Å². The maximum Gasteiger partial charge on any atom is 0.302 e. The van der Waals surface area contributed by atoms with E-state index < -0.39 is 5.97 Å². The van der Waals surface area contributed by atoms with Crippen LogP contribution in [0.15, 0.2) is 0 Å². The third-order valence-corrected chi connectivity index (χ3v) is 1.98. The van der Waals surface area contributed by atoms with Gasteiger partial charge in [0.15, 0.2) is 0 Å². The Morgan fingerprint density at radius 2 is 1.82 bits per heavy atom. The number of ether oxygens (including phenoxy) is 1. The first-order valence-corrected chi connectivity index (χ1v) is 6.23. The zero-order valence-electron chi connectivity index (χ0n) is 11.5. The van der Waals surface area contributed by atoms with Crippen molar-refractivity contribution in [1.82, 2.24) is 0 Å². The predicted molar refractivity (Wildman–Crippen MR) is 65.2 cm³/mol. The first kappa shape index (κ1) is 18.3. The molecule has 0 heterocycles. The van der Waals surface area contributed by atoms with Crippen LogP contribution in [0.1, 0.15) is 59.8 Å². The predicted octanol–water partition coefficient (Wildman–Crippen LogP) is 1.91. The summed E-state index contributed by atoms with van der Waals surface area (Å²) in [5, 5.41) is 9.76. The number of esters is 1. The number of rotatable bonds is 7. The molecule has 0 amide bonds. The van der Waals surface area contributed by atoms with Gasteiger partial charge in [0.1, 0.15) is 0 Å². The van der Waals surface area contributed by atoms with Gasteiger partial charge in [0.05, 0.1) is 6.61 Å². The minimum Gasteiger partial charge on any atom is -0.550 e. The molecule has 0 aromatic rings. The summed E-state index contributed by atoms with van der Waals surface area (Å²) in [5.41, 5.74) is 0. The van der Waals surface area contributed by atoms with Crippen molar-refractivity contribution in [2.75, 3.05) is 6.61 Å². The monoisotopic (exact) mass is 245 g/mol. The fourth-order valence-electron chi connectivity index (χ4n) is 0.958. The Hall–Kier alpha value is -1.06. The summed E-state index contributed by atoms with van der Waals surface area (Å²) in [5.74, 6) is -0.501. The van der Waals surface area contributed by atoms with E-state index in [-0.39, 0.29) is 12.4 Å². The summed E-state index contributed by atoms with van der Waals surface area (Å²) in [7, 11) is 0. The van der Waals surface area contributed by atoms with Crippen LogP contribution in [0.4, 0.5) is 0 Å². The van der Waals surface area contributed by atoms with Crippen molar-refractivity contribution >= 4 is 11.9 Å². The molecule has 0 radical (unpaired) electrons. The van der Waals surface area contributed by atoms with Gasteiger partial charge in [0.25, 0.3) is 0 Å². The molecule has 0 atom stereocenters. The molecule has 0 aliphatic carbocycles.